The first-order valence-corrected chi connectivity index (χ1v) is 9.26. The summed E-state index contributed by atoms with van der Waals surface area (Å²) in [6, 6.07) is 1.85. The Kier molecular flexibility index (Phi) is 5.86. The van der Waals surface area contributed by atoms with Gasteiger partial charge in [0.25, 0.3) is 0 Å². The zero-order chi connectivity index (χ0) is 17.6. The van der Waals surface area contributed by atoms with Gasteiger partial charge >= 0.3 is 0 Å². The zero-order valence-corrected chi connectivity index (χ0v) is 15.2. The minimum absolute atomic E-state index is 0.0371. The number of likely N-dealkylation sites (tertiary alicyclic amines) is 1. The standard InChI is InChI=1S/C18H28N6O/c1-3-9-24-17(5-8-19-24)21-18(25)14-22-10-6-15(7-11-22)16-12-20-23(4-2)13-16/h5,8,12-13,15H,3-4,6-7,9-11,14H2,1-2H3,(H,21,25). The van der Waals surface area contributed by atoms with Gasteiger partial charge in [0.2, 0.25) is 5.91 Å². The number of rotatable bonds is 7. The minimum atomic E-state index is 0.0371. The van der Waals surface area contributed by atoms with Crippen LogP contribution in [0.3, 0.4) is 0 Å². The zero-order valence-electron chi connectivity index (χ0n) is 15.2. The number of hydrogen-bond acceptors (Lipinski definition) is 4. The van der Waals surface area contributed by atoms with E-state index in [9.17, 15) is 4.79 Å². The lowest BCUT2D eigenvalue weighted by Gasteiger charge is -2.31. The summed E-state index contributed by atoms with van der Waals surface area (Å²) in [5.41, 5.74) is 1.33. The molecule has 7 heteroatoms. The lowest BCUT2D eigenvalue weighted by Crippen LogP contribution is -2.39. The van der Waals surface area contributed by atoms with Crippen LogP contribution < -0.4 is 5.32 Å². The predicted molar refractivity (Wildman–Crippen MR) is 97.5 cm³/mol. The fraction of sp³-hybridized carbons (Fsp3) is 0.611. The van der Waals surface area contributed by atoms with Crippen LogP contribution in [0.15, 0.2) is 24.7 Å². The minimum Gasteiger partial charge on any atom is -0.310 e. The van der Waals surface area contributed by atoms with E-state index in [2.05, 4.69) is 40.5 Å². The van der Waals surface area contributed by atoms with Gasteiger partial charge in [-0.25, -0.2) is 4.68 Å². The summed E-state index contributed by atoms with van der Waals surface area (Å²) in [7, 11) is 0. The summed E-state index contributed by atoms with van der Waals surface area (Å²) >= 11 is 0. The first kappa shape index (κ1) is 17.7. The number of aromatic nitrogens is 4. The maximum Gasteiger partial charge on any atom is 0.239 e. The van der Waals surface area contributed by atoms with E-state index in [1.165, 1.54) is 5.56 Å². The molecule has 2 aromatic heterocycles. The quantitative estimate of drug-likeness (QED) is 0.837. The fourth-order valence-corrected chi connectivity index (χ4v) is 3.40. The van der Waals surface area contributed by atoms with Crippen LogP contribution in [0, 0.1) is 0 Å². The van der Waals surface area contributed by atoms with Gasteiger partial charge in [-0.1, -0.05) is 6.92 Å². The Morgan fingerprint density at radius 3 is 2.76 bits per heavy atom. The molecule has 2 aromatic rings. The Bertz CT molecular complexity index is 683. The monoisotopic (exact) mass is 344 g/mol. The molecule has 1 amide bonds. The summed E-state index contributed by atoms with van der Waals surface area (Å²) in [5, 5.41) is 11.6. The molecule has 7 nitrogen and oxygen atoms in total. The summed E-state index contributed by atoms with van der Waals surface area (Å²) in [6.07, 6.45) is 9.03. The van der Waals surface area contributed by atoms with Crippen molar-refractivity contribution in [3.63, 3.8) is 0 Å². The van der Waals surface area contributed by atoms with Gasteiger partial charge in [-0.15, -0.1) is 0 Å². The fourth-order valence-electron chi connectivity index (χ4n) is 3.40. The van der Waals surface area contributed by atoms with Crippen molar-refractivity contribution in [2.75, 3.05) is 25.0 Å². The number of amides is 1. The number of carbonyl (C=O) groups is 1. The van der Waals surface area contributed by atoms with Gasteiger partial charge in [0.05, 0.1) is 18.9 Å². The van der Waals surface area contributed by atoms with Crippen LogP contribution in [0.4, 0.5) is 5.82 Å². The van der Waals surface area contributed by atoms with Crippen molar-refractivity contribution in [2.24, 2.45) is 0 Å². The smallest absolute Gasteiger partial charge is 0.239 e. The van der Waals surface area contributed by atoms with E-state index in [1.807, 2.05) is 21.6 Å². The molecule has 25 heavy (non-hydrogen) atoms. The molecule has 3 rings (SSSR count). The third-order valence-corrected chi connectivity index (χ3v) is 4.82. The molecule has 3 heterocycles. The van der Waals surface area contributed by atoms with Crippen molar-refractivity contribution >= 4 is 11.7 Å². The highest BCUT2D eigenvalue weighted by Gasteiger charge is 2.23. The van der Waals surface area contributed by atoms with Gasteiger partial charge in [-0.2, -0.15) is 10.2 Å². The van der Waals surface area contributed by atoms with Gasteiger partial charge in [-0.05, 0) is 50.8 Å². The van der Waals surface area contributed by atoms with E-state index in [0.717, 1.165) is 51.3 Å². The summed E-state index contributed by atoms with van der Waals surface area (Å²) in [5.74, 6) is 1.38. The molecular weight excluding hydrogens is 316 g/mol. The van der Waals surface area contributed by atoms with E-state index < -0.39 is 0 Å². The maximum absolute atomic E-state index is 12.3. The highest BCUT2D eigenvalue weighted by molar-refractivity contribution is 5.91. The number of hydrogen-bond donors (Lipinski definition) is 1. The largest absolute Gasteiger partial charge is 0.310 e. The molecule has 0 bridgehead atoms. The van der Waals surface area contributed by atoms with E-state index >= 15 is 0 Å². The first-order chi connectivity index (χ1) is 12.2. The maximum atomic E-state index is 12.3. The predicted octanol–water partition coefficient (Wildman–Crippen LogP) is 2.33. The molecule has 1 aliphatic heterocycles. The topological polar surface area (TPSA) is 68.0 Å². The number of piperidine rings is 1. The van der Waals surface area contributed by atoms with Crippen molar-refractivity contribution in [1.82, 2.24) is 24.5 Å². The number of aryl methyl sites for hydroxylation is 2. The van der Waals surface area contributed by atoms with Crippen LogP contribution in [0.5, 0.6) is 0 Å². The van der Waals surface area contributed by atoms with Crippen molar-refractivity contribution in [3.05, 3.63) is 30.2 Å². The van der Waals surface area contributed by atoms with Crippen LogP contribution in [-0.2, 0) is 17.9 Å². The molecule has 0 spiro atoms. The second kappa shape index (κ2) is 8.29. The van der Waals surface area contributed by atoms with Crippen LogP contribution in [0.25, 0.3) is 0 Å². The van der Waals surface area contributed by atoms with Crippen LogP contribution in [0.2, 0.25) is 0 Å². The third-order valence-electron chi connectivity index (χ3n) is 4.82. The molecule has 1 aliphatic rings. The number of nitrogens with zero attached hydrogens (tertiary/aromatic N) is 5. The number of anilines is 1. The lowest BCUT2D eigenvalue weighted by molar-refractivity contribution is -0.117. The molecule has 0 radical (unpaired) electrons. The second-order valence-corrected chi connectivity index (χ2v) is 6.67. The highest BCUT2D eigenvalue weighted by atomic mass is 16.2. The molecule has 1 fully saturated rings. The Labute approximate surface area is 149 Å². The summed E-state index contributed by atoms with van der Waals surface area (Å²) < 4.78 is 3.82. The molecule has 0 unspecified atom stereocenters. The lowest BCUT2D eigenvalue weighted by atomic mass is 9.91. The molecule has 0 aliphatic carbocycles. The van der Waals surface area contributed by atoms with Gasteiger partial charge < -0.3 is 5.32 Å². The van der Waals surface area contributed by atoms with E-state index in [-0.39, 0.29) is 5.91 Å². The van der Waals surface area contributed by atoms with Gasteiger partial charge in [0, 0.05) is 25.4 Å². The molecular formula is C18H28N6O. The summed E-state index contributed by atoms with van der Waals surface area (Å²) in [4.78, 5) is 14.6. The summed E-state index contributed by atoms with van der Waals surface area (Å²) in [6.45, 7) is 8.27. The normalized spacial score (nSPS) is 16.2. The Morgan fingerprint density at radius 1 is 1.28 bits per heavy atom. The Morgan fingerprint density at radius 2 is 2.08 bits per heavy atom. The second-order valence-electron chi connectivity index (χ2n) is 6.67. The molecule has 136 valence electrons. The number of carbonyl (C=O) groups excluding carboxylic acids is 1. The van der Waals surface area contributed by atoms with E-state index in [1.54, 1.807) is 6.20 Å². The van der Waals surface area contributed by atoms with E-state index in [0.29, 0.717) is 12.5 Å². The molecule has 1 N–H and O–H groups in total. The average molecular weight is 344 g/mol. The van der Waals surface area contributed by atoms with Crippen LogP contribution in [0.1, 0.15) is 44.6 Å². The van der Waals surface area contributed by atoms with Crippen molar-refractivity contribution < 1.29 is 4.79 Å². The molecule has 0 saturated carbocycles. The average Bonchev–Trinajstić information content (AvgIpc) is 3.26. The molecule has 0 atom stereocenters. The Balaban J connectivity index is 1.46. The SMILES string of the molecule is CCCn1nccc1NC(=O)CN1CCC(c2cnn(CC)c2)CC1. The molecule has 1 saturated heterocycles. The highest BCUT2D eigenvalue weighted by Crippen LogP contribution is 2.27. The van der Waals surface area contributed by atoms with Gasteiger partial charge in [0.1, 0.15) is 5.82 Å². The van der Waals surface area contributed by atoms with Crippen LogP contribution in [-0.4, -0.2) is 50.0 Å². The van der Waals surface area contributed by atoms with E-state index in [4.69, 9.17) is 0 Å². The van der Waals surface area contributed by atoms with Crippen molar-refractivity contribution in [3.8, 4) is 0 Å². The third kappa shape index (κ3) is 4.48. The van der Waals surface area contributed by atoms with Crippen LogP contribution >= 0.6 is 0 Å². The molecule has 0 aromatic carbocycles. The Hall–Kier alpha value is -2.15. The first-order valence-electron chi connectivity index (χ1n) is 9.26. The van der Waals surface area contributed by atoms with Crippen molar-refractivity contribution in [1.29, 1.82) is 0 Å². The van der Waals surface area contributed by atoms with Crippen molar-refractivity contribution in [2.45, 2.75) is 52.1 Å². The van der Waals surface area contributed by atoms with Gasteiger partial charge in [-0.3, -0.25) is 14.4 Å². The number of nitrogens with one attached hydrogen (secondary N) is 1. The van der Waals surface area contributed by atoms with Gasteiger partial charge in [0.15, 0.2) is 0 Å².